The number of rotatable bonds is 8. The lowest BCUT2D eigenvalue weighted by Gasteiger charge is -2.10. The topological polar surface area (TPSA) is 189 Å². The molecule has 3 N–H and O–H groups in total. The van der Waals surface area contributed by atoms with E-state index in [-0.39, 0.29) is 0 Å². The van der Waals surface area contributed by atoms with Gasteiger partial charge >= 0.3 is 0 Å². The SMILES string of the molecule is CCc1cccc(NC(=O)C(N=Nc2cc([N+](=O)[O-])cc(S(=O)(=O)O)c2O)C(C)=O)c1. The Kier molecular flexibility index (Phi) is 7.15. The summed E-state index contributed by atoms with van der Waals surface area (Å²) in [6, 6.07) is 6.25. The molecule has 0 aliphatic rings. The van der Waals surface area contributed by atoms with Crippen molar-refractivity contribution >= 4 is 38.9 Å². The molecular formula is C18H18N4O8S. The number of nitrogens with zero attached hydrogens (tertiary/aromatic N) is 3. The second kappa shape index (κ2) is 9.40. The minimum atomic E-state index is -5.03. The van der Waals surface area contributed by atoms with Crippen molar-refractivity contribution in [3.8, 4) is 5.75 Å². The van der Waals surface area contributed by atoms with Gasteiger partial charge in [-0.25, -0.2) is 0 Å². The largest absolute Gasteiger partial charge is 0.504 e. The number of amides is 1. The number of nitro benzene ring substituents is 1. The molecule has 0 aromatic heterocycles. The number of phenols is 1. The van der Waals surface area contributed by atoms with Gasteiger partial charge in [0.15, 0.2) is 11.5 Å². The molecular weight excluding hydrogens is 432 g/mol. The average molecular weight is 450 g/mol. The summed E-state index contributed by atoms with van der Waals surface area (Å²) in [5.41, 5.74) is -0.218. The lowest BCUT2D eigenvalue weighted by molar-refractivity contribution is -0.385. The molecule has 0 heterocycles. The summed E-state index contributed by atoms with van der Waals surface area (Å²) in [6.07, 6.45) is 0.710. The van der Waals surface area contributed by atoms with Gasteiger partial charge < -0.3 is 10.4 Å². The molecule has 2 aromatic rings. The predicted octanol–water partition coefficient (Wildman–Crippen LogP) is 2.79. The molecule has 31 heavy (non-hydrogen) atoms. The van der Waals surface area contributed by atoms with Gasteiger partial charge in [-0.05, 0) is 31.0 Å². The summed E-state index contributed by atoms with van der Waals surface area (Å²) < 4.78 is 31.9. The maximum absolute atomic E-state index is 12.5. The van der Waals surface area contributed by atoms with Crippen LogP contribution in [-0.2, 0) is 26.1 Å². The molecule has 0 spiro atoms. The van der Waals surface area contributed by atoms with Crippen molar-refractivity contribution in [2.45, 2.75) is 31.2 Å². The van der Waals surface area contributed by atoms with Crippen molar-refractivity contribution in [2.75, 3.05) is 5.32 Å². The van der Waals surface area contributed by atoms with Crippen LogP contribution in [0, 0.1) is 10.1 Å². The van der Waals surface area contributed by atoms with Crippen LogP contribution in [0.4, 0.5) is 17.1 Å². The van der Waals surface area contributed by atoms with E-state index < -0.39 is 54.8 Å². The van der Waals surface area contributed by atoms with Gasteiger partial charge in [0.2, 0.25) is 6.04 Å². The van der Waals surface area contributed by atoms with Gasteiger partial charge in [-0.2, -0.15) is 18.6 Å². The van der Waals surface area contributed by atoms with Crippen LogP contribution < -0.4 is 5.32 Å². The Balaban J connectivity index is 2.41. The minimum absolute atomic E-state index is 0.401. The first-order valence-corrected chi connectivity index (χ1v) is 10.2. The average Bonchev–Trinajstić information content (AvgIpc) is 2.68. The highest BCUT2D eigenvalue weighted by molar-refractivity contribution is 7.86. The molecule has 1 unspecified atom stereocenters. The van der Waals surface area contributed by atoms with Gasteiger partial charge in [-0.1, -0.05) is 19.1 Å². The fraction of sp³-hybridized carbons (Fsp3) is 0.222. The number of carbonyl (C=O) groups excluding carboxylic acids is 2. The zero-order valence-electron chi connectivity index (χ0n) is 16.3. The molecule has 1 atom stereocenters. The van der Waals surface area contributed by atoms with Crippen LogP contribution in [0.1, 0.15) is 19.4 Å². The molecule has 164 valence electrons. The third kappa shape index (κ3) is 5.90. The standard InChI is InChI=1S/C18H18N4O8S/c1-3-11-5-4-6-12(7-11)19-18(25)16(10(2)23)21-20-14-8-13(22(26)27)9-15(17(14)24)31(28,29)30/h4-9,16,24H,3H2,1-2H3,(H,19,25)(H,28,29,30). The molecule has 1 amide bonds. The zero-order valence-corrected chi connectivity index (χ0v) is 17.2. The lowest BCUT2D eigenvalue weighted by atomic mass is 10.1. The number of aromatic hydroxyl groups is 1. The van der Waals surface area contributed by atoms with Crippen molar-refractivity contribution in [2.24, 2.45) is 10.2 Å². The third-order valence-corrected chi connectivity index (χ3v) is 4.91. The fourth-order valence-corrected chi connectivity index (χ4v) is 3.09. The number of benzene rings is 2. The highest BCUT2D eigenvalue weighted by Gasteiger charge is 2.26. The van der Waals surface area contributed by atoms with E-state index in [0.29, 0.717) is 24.2 Å². The van der Waals surface area contributed by atoms with Crippen LogP contribution in [0.5, 0.6) is 5.75 Å². The summed E-state index contributed by atoms with van der Waals surface area (Å²) >= 11 is 0. The van der Waals surface area contributed by atoms with E-state index in [0.717, 1.165) is 12.5 Å². The number of azo groups is 1. The van der Waals surface area contributed by atoms with Crippen LogP contribution in [0.15, 0.2) is 51.5 Å². The minimum Gasteiger partial charge on any atom is -0.504 e. The van der Waals surface area contributed by atoms with E-state index in [9.17, 15) is 33.2 Å². The Morgan fingerprint density at radius 2 is 1.94 bits per heavy atom. The van der Waals surface area contributed by atoms with E-state index in [4.69, 9.17) is 4.55 Å². The number of anilines is 1. The first-order chi connectivity index (χ1) is 14.4. The molecule has 0 aliphatic carbocycles. The summed E-state index contributed by atoms with van der Waals surface area (Å²) in [5.74, 6) is -2.72. The molecule has 13 heteroatoms. The molecule has 0 saturated carbocycles. The van der Waals surface area contributed by atoms with Gasteiger partial charge in [-0.15, -0.1) is 0 Å². The summed E-state index contributed by atoms with van der Waals surface area (Å²) in [7, 11) is -5.03. The van der Waals surface area contributed by atoms with E-state index in [2.05, 4.69) is 15.5 Å². The smallest absolute Gasteiger partial charge is 0.298 e. The highest BCUT2D eigenvalue weighted by atomic mass is 32.2. The Hall–Kier alpha value is -3.71. The van der Waals surface area contributed by atoms with Crippen LogP contribution in [0.25, 0.3) is 0 Å². The number of hydrogen-bond acceptors (Lipinski definition) is 9. The quantitative estimate of drug-likeness (QED) is 0.180. The summed E-state index contributed by atoms with van der Waals surface area (Å²) in [5, 5.41) is 30.5. The zero-order chi connectivity index (χ0) is 23.3. The van der Waals surface area contributed by atoms with Gasteiger partial charge in [0, 0.05) is 17.8 Å². The lowest BCUT2D eigenvalue weighted by Crippen LogP contribution is -2.31. The number of hydrogen-bond donors (Lipinski definition) is 3. The number of phenolic OH excluding ortho intramolecular Hbond substituents is 1. The fourth-order valence-electron chi connectivity index (χ4n) is 2.48. The van der Waals surface area contributed by atoms with Crippen molar-refractivity contribution in [3.05, 3.63) is 52.1 Å². The molecule has 12 nitrogen and oxygen atoms in total. The first kappa shape index (κ1) is 23.6. The van der Waals surface area contributed by atoms with Gasteiger partial charge in [0.05, 0.1) is 4.92 Å². The van der Waals surface area contributed by atoms with Gasteiger partial charge in [0.1, 0.15) is 10.6 Å². The van der Waals surface area contributed by atoms with Crippen LogP contribution in [0.3, 0.4) is 0 Å². The van der Waals surface area contributed by atoms with Crippen molar-refractivity contribution in [1.82, 2.24) is 0 Å². The highest BCUT2D eigenvalue weighted by Crippen LogP contribution is 2.37. The van der Waals surface area contributed by atoms with E-state index in [1.165, 1.54) is 0 Å². The maximum atomic E-state index is 12.5. The van der Waals surface area contributed by atoms with Crippen molar-refractivity contribution < 1.29 is 32.6 Å². The second-order valence-corrected chi connectivity index (χ2v) is 7.71. The molecule has 0 fully saturated rings. The Morgan fingerprint density at radius 3 is 2.48 bits per heavy atom. The first-order valence-electron chi connectivity index (χ1n) is 8.74. The third-order valence-electron chi connectivity index (χ3n) is 4.05. The van der Waals surface area contributed by atoms with Gasteiger partial charge in [-0.3, -0.25) is 24.3 Å². The van der Waals surface area contributed by atoms with Crippen LogP contribution in [0.2, 0.25) is 0 Å². The number of carbonyl (C=O) groups is 2. The number of non-ortho nitro benzene ring substituents is 1. The van der Waals surface area contributed by atoms with Crippen molar-refractivity contribution in [1.29, 1.82) is 0 Å². The normalized spacial score (nSPS) is 12.5. The van der Waals surface area contributed by atoms with Crippen LogP contribution in [-0.4, -0.2) is 40.7 Å². The Bertz CT molecular complexity index is 1180. The number of aryl methyl sites for hydroxylation is 1. The number of ketones is 1. The Morgan fingerprint density at radius 1 is 1.26 bits per heavy atom. The van der Waals surface area contributed by atoms with Crippen LogP contribution >= 0.6 is 0 Å². The van der Waals surface area contributed by atoms with Gasteiger partial charge in [0.25, 0.3) is 21.7 Å². The van der Waals surface area contributed by atoms with E-state index in [1.54, 1.807) is 18.2 Å². The molecule has 2 aromatic carbocycles. The van der Waals surface area contributed by atoms with Crippen molar-refractivity contribution in [3.63, 3.8) is 0 Å². The molecule has 0 aliphatic heterocycles. The molecule has 0 radical (unpaired) electrons. The number of nitro groups is 1. The second-order valence-electron chi connectivity index (χ2n) is 6.32. The van der Waals surface area contributed by atoms with E-state index in [1.807, 2.05) is 13.0 Å². The molecule has 0 bridgehead atoms. The molecule has 2 rings (SSSR count). The predicted molar refractivity (Wildman–Crippen MR) is 108 cm³/mol. The monoisotopic (exact) mass is 450 g/mol. The summed E-state index contributed by atoms with van der Waals surface area (Å²) in [6.45, 7) is 2.97. The molecule has 0 saturated heterocycles. The van der Waals surface area contributed by atoms with E-state index >= 15 is 0 Å². The number of nitrogens with one attached hydrogen (secondary N) is 1. The maximum Gasteiger partial charge on any atom is 0.298 e. The Labute approximate surface area is 176 Å². The number of Topliss-reactive ketones (excluding diaryl/α,β-unsaturated/α-hetero) is 1. The summed E-state index contributed by atoms with van der Waals surface area (Å²) in [4.78, 5) is 33.2.